The van der Waals surface area contributed by atoms with Gasteiger partial charge < -0.3 is 10.1 Å². The number of benzene rings is 2. The molecule has 1 amide bonds. The molecular weight excluding hydrogens is 438 g/mol. The maximum Gasteiger partial charge on any atom is 0.337 e. The third kappa shape index (κ3) is 4.24. The number of hydrogen-bond acceptors (Lipinski definition) is 6. The van der Waals surface area contributed by atoms with Crippen LogP contribution in [-0.2, 0) is 4.74 Å². The van der Waals surface area contributed by atoms with E-state index in [9.17, 15) is 9.59 Å². The van der Waals surface area contributed by atoms with Crippen molar-refractivity contribution < 1.29 is 14.3 Å². The molecule has 0 aliphatic rings. The summed E-state index contributed by atoms with van der Waals surface area (Å²) in [7, 11) is 1.33. The Labute approximate surface area is 166 Å². The minimum atomic E-state index is -0.410. The summed E-state index contributed by atoms with van der Waals surface area (Å²) in [4.78, 5) is 28.1. The maximum absolute atomic E-state index is 12.2. The normalized spacial score (nSPS) is 10.4. The second kappa shape index (κ2) is 7.90. The molecule has 2 aromatic carbocycles. The number of thiazole rings is 1. The minimum Gasteiger partial charge on any atom is -0.465 e. The number of carbonyl (C=O) groups excluding carboxylic acids is 2. The zero-order valence-corrected chi connectivity index (χ0v) is 16.6. The van der Waals surface area contributed by atoms with Gasteiger partial charge in [0.2, 0.25) is 0 Å². The van der Waals surface area contributed by atoms with Crippen molar-refractivity contribution >= 4 is 71.8 Å². The Morgan fingerprint density at radius 1 is 1.15 bits per heavy atom. The molecule has 0 radical (unpaired) electrons. The number of hydrogen-bond donors (Lipinski definition) is 2. The fraction of sp³-hybridized carbons (Fsp3) is 0.0588. The summed E-state index contributed by atoms with van der Waals surface area (Å²) in [6.07, 6.45) is 0. The highest BCUT2D eigenvalue weighted by Crippen LogP contribution is 2.27. The number of esters is 1. The summed E-state index contributed by atoms with van der Waals surface area (Å²) in [5.41, 5.74) is 1.65. The number of rotatable bonds is 3. The van der Waals surface area contributed by atoms with Crippen LogP contribution in [0, 0.1) is 0 Å². The molecule has 3 aromatic rings. The SMILES string of the molecule is COC(=O)c1ccc2nc(NC(=S)NC(=O)c3ccc(Br)cc3)sc2c1. The molecule has 0 aliphatic carbocycles. The van der Waals surface area contributed by atoms with Crippen LogP contribution < -0.4 is 10.6 Å². The van der Waals surface area contributed by atoms with Crippen molar-refractivity contribution in [2.45, 2.75) is 0 Å². The number of aromatic nitrogens is 1. The van der Waals surface area contributed by atoms with Crippen LogP contribution >= 0.6 is 39.5 Å². The standard InChI is InChI=1S/C17H12BrN3O3S2/c1-24-15(23)10-4-7-12-13(8-10)26-17(19-12)21-16(25)20-14(22)9-2-5-11(18)6-3-9/h2-8H,1H3,(H2,19,20,21,22,25). The minimum absolute atomic E-state index is 0.144. The van der Waals surface area contributed by atoms with E-state index in [1.807, 2.05) is 0 Å². The summed E-state index contributed by atoms with van der Waals surface area (Å²) in [6.45, 7) is 0. The lowest BCUT2D eigenvalue weighted by molar-refractivity contribution is 0.0601. The number of nitrogens with one attached hydrogen (secondary N) is 2. The molecule has 3 rings (SSSR count). The molecule has 1 heterocycles. The van der Waals surface area contributed by atoms with Crippen LogP contribution in [0.4, 0.5) is 5.13 Å². The van der Waals surface area contributed by atoms with Crippen LogP contribution in [0.3, 0.4) is 0 Å². The predicted molar refractivity (Wildman–Crippen MR) is 109 cm³/mol. The number of thiocarbonyl (C=S) groups is 1. The zero-order chi connectivity index (χ0) is 18.7. The monoisotopic (exact) mass is 449 g/mol. The molecule has 1 aromatic heterocycles. The summed E-state index contributed by atoms with van der Waals surface area (Å²) < 4.78 is 6.40. The van der Waals surface area contributed by atoms with Gasteiger partial charge in [-0.3, -0.25) is 10.1 Å². The average Bonchev–Trinajstić information content (AvgIpc) is 3.02. The molecule has 0 saturated heterocycles. The second-order valence-electron chi connectivity index (χ2n) is 5.11. The Hall–Kier alpha value is -2.36. The van der Waals surface area contributed by atoms with Gasteiger partial charge in [0.1, 0.15) is 0 Å². The summed E-state index contributed by atoms with van der Waals surface area (Å²) >= 11 is 9.81. The molecule has 26 heavy (non-hydrogen) atoms. The number of ether oxygens (including phenoxy) is 1. The van der Waals surface area contributed by atoms with E-state index in [0.29, 0.717) is 21.8 Å². The van der Waals surface area contributed by atoms with Crippen molar-refractivity contribution in [3.05, 3.63) is 58.1 Å². The van der Waals surface area contributed by atoms with Gasteiger partial charge in [0.05, 0.1) is 22.9 Å². The Morgan fingerprint density at radius 3 is 2.54 bits per heavy atom. The fourth-order valence-electron chi connectivity index (χ4n) is 2.13. The molecule has 132 valence electrons. The van der Waals surface area contributed by atoms with Gasteiger partial charge in [0.25, 0.3) is 5.91 Å². The van der Waals surface area contributed by atoms with Gasteiger partial charge in [-0.2, -0.15) is 0 Å². The summed E-state index contributed by atoms with van der Waals surface area (Å²) in [6, 6.07) is 12.0. The molecular formula is C17H12BrN3O3S2. The second-order valence-corrected chi connectivity index (χ2v) is 7.46. The number of halogens is 1. The van der Waals surface area contributed by atoms with Crippen molar-refractivity contribution in [3.63, 3.8) is 0 Å². The molecule has 0 spiro atoms. The lowest BCUT2D eigenvalue weighted by Gasteiger charge is -2.07. The van der Waals surface area contributed by atoms with Crippen LogP contribution in [0.1, 0.15) is 20.7 Å². The Morgan fingerprint density at radius 2 is 1.85 bits per heavy atom. The highest BCUT2D eigenvalue weighted by molar-refractivity contribution is 9.10. The van der Waals surface area contributed by atoms with Crippen molar-refractivity contribution in [3.8, 4) is 0 Å². The molecule has 9 heteroatoms. The molecule has 0 atom stereocenters. The van der Waals surface area contributed by atoms with Gasteiger partial charge in [-0.05, 0) is 54.7 Å². The van der Waals surface area contributed by atoms with Crippen LogP contribution in [0.25, 0.3) is 10.2 Å². The number of methoxy groups -OCH3 is 1. The lowest BCUT2D eigenvalue weighted by Crippen LogP contribution is -2.34. The van der Waals surface area contributed by atoms with E-state index in [1.165, 1.54) is 18.4 Å². The van der Waals surface area contributed by atoms with Crippen molar-refractivity contribution in [1.82, 2.24) is 10.3 Å². The first-order valence-corrected chi connectivity index (χ1v) is 9.35. The molecule has 6 nitrogen and oxygen atoms in total. The van der Waals surface area contributed by atoms with E-state index >= 15 is 0 Å². The smallest absolute Gasteiger partial charge is 0.337 e. The van der Waals surface area contributed by atoms with Gasteiger partial charge in [-0.15, -0.1) is 0 Å². The predicted octanol–water partition coefficient (Wildman–Crippen LogP) is 3.97. The Bertz CT molecular complexity index is 1000. The van der Waals surface area contributed by atoms with E-state index in [2.05, 4.69) is 31.5 Å². The zero-order valence-electron chi connectivity index (χ0n) is 13.4. The number of anilines is 1. The first-order chi connectivity index (χ1) is 12.5. The third-order valence-electron chi connectivity index (χ3n) is 3.36. The van der Waals surface area contributed by atoms with Crippen molar-refractivity contribution in [2.24, 2.45) is 0 Å². The van der Waals surface area contributed by atoms with Gasteiger partial charge >= 0.3 is 5.97 Å². The van der Waals surface area contributed by atoms with Crippen molar-refractivity contribution in [2.75, 3.05) is 12.4 Å². The summed E-state index contributed by atoms with van der Waals surface area (Å²) in [5, 5.41) is 6.15. The number of nitrogens with zero attached hydrogens (tertiary/aromatic N) is 1. The van der Waals surface area contributed by atoms with Gasteiger partial charge in [0, 0.05) is 10.0 Å². The Kier molecular flexibility index (Phi) is 5.60. The van der Waals surface area contributed by atoms with Gasteiger partial charge in [-0.1, -0.05) is 27.3 Å². The highest BCUT2D eigenvalue weighted by Gasteiger charge is 2.12. The molecule has 0 fully saturated rings. The maximum atomic E-state index is 12.2. The quantitative estimate of drug-likeness (QED) is 0.465. The summed E-state index contributed by atoms with van der Waals surface area (Å²) in [5.74, 6) is -0.726. The van der Waals surface area contributed by atoms with Crippen LogP contribution in [0.15, 0.2) is 46.9 Å². The molecule has 0 unspecified atom stereocenters. The first-order valence-electron chi connectivity index (χ1n) is 7.33. The molecule has 0 saturated carbocycles. The highest BCUT2D eigenvalue weighted by atomic mass is 79.9. The molecule has 2 N–H and O–H groups in total. The molecule has 0 aliphatic heterocycles. The third-order valence-corrected chi connectivity index (χ3v) is 5.03. The van der Waals surface area contributed by atoms with E-state index in [0.717, 1.165) is 9.17 Å². The average molecular weight is 450 g/mol. The van der Waals surface area contributed by atoms with Crippen molar-refractivity contribution in [1.29, 1.82) is 0 Å². The van der Waals surface area contributed by atoms with E-state index in [-0.39, 0.29) is 11.0 Å². The van der Waals surface area contributed by atoms with Gasteiger partial charge in [0.15, 0.2) is 10.2 Å². The number of carbonyl (C=O) groups is 2. The largest absolute Gasteiger partial charge is 0.465 e. The topological polar surface area (TPSA) is 80.3 Å². The Balaban J connectivity index is 1.69. The van der Waals surface area contributed by atoms with Crippen LogP contribution in [0.5, 0.6) is 0 Å². The van der Waals surface area contributed by atoms with E-state index < -0.39 is 5.97 Å². The van der Waals surface area contributed by atoms with E-state index in [4.69, 9.17) is 17.0 Å². The number of fused-ring (bicyclic) bond motifs is 1. The first kappa shape index (κ1) is 18.4. The van der Waals surface area contributed by atoms with E-state index in [1.54, 1.807) is 42.5 Å². The number of amides is 1. The molecule has 0 bridgehead atoms. The van der Waals surface area contributed by atoms with Crippen LogP contribution in [0.2, 0.25) is 0 Å². The van der Waals surface area contributed by atoms with Gasteiger partial charge in [-0.25, -0.2) is 9.78 Å². The lowest BCUT2D eigenvalue weighted by atomic mass is 10.2. The fourth-order valence-corrected chi connectivity index (χ4v) is 3.56. The van der Waals surface area contributed by atoms with Crippen LogP contribution in [-0.4, -0.2) is 29.1 Å².